The molecule has 0 saturated heterocycles. The van der Waals surface area contributed by atoms with Gasteiger partial charge in [0.15, 0.2) is 0 Å². The van der Waals surface area contributed by atoms with Crippen LogP contribution in [0.4, 0.5) is 0 Å². The minimum atomic E-state index is -0.515. The van der Waals surface area contributed by atoms with E-state index in [9.17, 15) is 9.59 Å². The van der Waals surface area contributed by atoms with Crippen molar-refractivity contribution in [1.29, 1.82) is 0 Å². The van der Waals surface area contributed by atoms with E-state index in [-0.39, 0.29) is 12.2 Å². The summed E-state index contributed by atoms with van der Waals surface area (Å²) in [6, 6.07) is 14.1. The molecule has 0 aliphatic heterocycles. The first-order valence-corrected chi connectivity index (χ1v) is 8.04. The van der Waals surface area contributed by atoms with E-state index < -0.39 is 5.97 Å². The van der Waals surface area contributed by atoms with Gasteiger partial charge in [-0.05, 0) is 42.8 Å². The lowest BCUT2D eigenvalue weighted by Crippen LogP contribution is -2.18. The molecule has 0 amide bonds. The number of hydrogen-bond acceptors (Lipinski definition) is 5. The Morgan fingerprint density at radius 3 is 2.81 bits per heavy atom. The predicted molar refractivity (Wildman–Crippen MR) is 98.0 cm³/mol. The Kier molecular flexibility index (Phi) is 5.12. The molecular formula is C20H18N2O4. The van der Waals surface area contributed by atoms with Crippen LogP contribution in [-0.2, 0) is 16.1 Å². The normalized spacial score (nSPS) is 11.0. The number of esters is 1. The van der Waals surface area contributed by atoms with Gasteiger partial charge in [0.25, 0.3) is 5.56 Å². The van der Waals surface area contributed by atoms with Crippen LogP contribution in [0.15, 0.2) is 59.4 Å². The number of aryl methyl sites for hydroxylation is 1. The molecule has 1 aromatic carbocycles. The Bertz CT molecular complexity index is 1040. The van der Waals surface area contributed by atoms with Crippen LogP contribution >= 0.6 is 0 Å². The molecule has 0 spiro atoms. The van der Waals surface area contributed by atoms with Crippen molar-refractivity contribution in [2.24, 2.45) is 0 Å². The van der Waals surface area contributed by atoms with Crippen molar-refractivity contribution in [2.75, 3.05) is 7.11 Å². The molecule has 132 valence electrons. The van der Waals surface area contributed by atoms with Crippen LogP contribution in [-0.4, -0.2) is 22.5 Å². The number of carbonyl (C=O) groups is 1. The van der Waals surface area contributed by atoms with Gasteiger partial charge in [-0.1, -0.05) is 18.2 Å². The lowest BCUT2D eigenvalue weighted by molar-refractivity contribution is -0.139. The van der Waals surface area contributed by atoms with Crippen LogP contribution in [0.1, 0.15) is 17.0 Å². The van der Waals surface area contributed by atoms with E-state index in [0.29, 0.717) is 17.1 Å². The van der Waals surface area contributed by atoms with Gasteiger partial charge in [0.05, 0.1) is 12.8 Å². The van der Waals surface area contributed by atoms with Crippen molar-refractivity contribution in [3.63, 3.8) is 0 Å². The third kappa shape index (κ3) is 3.97. The third-order valence-corrected chi connectivity index (χ3v) is 3.80. The predicted octanol–water partition coefficient (Wildman–Crippen LogP) is 2.77. The third-order valence-electron chi connectivity index (χ3n) is 3.80. The van der Waals surface area contributed by atoms with E-state index in [0.717, 1.165) is 11.3 Å². The first-order chi connectivity index (χ1) is 12.6. The molecule has 0 atom stereocenters. The number of nitrogens with zero attached hydrogens (tertiary/aromatic N) is 2. The molecule has 3 aromatic rings. The summed E-state index contributed by atoms with van der Waals surface area (Å²) >= 11 is 0. The van der Waals surface area contributed by atoms with Gasteiger partial charge in [-0.25, -0.2) is 9.78 Å². The summed E-state index contributed by atoms with van der Waals surface area (Å²) in [6.45, 7) is 1.76. The van der Waals surface area contributed by atoms with Crippen molar-refractivity contribution in [3.8, 4) is 5.75 Å². The molecule has 2 heterocycles. The Morgan fingerprint density at radius 2 is 2.00 bits per heavy atom. The molecule has 0 saturated carbocycles. The van der Waals surface area contributed by atoms with Gasteiger partial charge >= 0.3 is 5.97 Å². The number of carbonyl (C=O) groups excluding carboxylic acids is 1. The average Bonchev–Trinajstić information content (AvgIpc) is 2.64. The number of rotatable bonds is 5. The SMILES string of the molecule is COc1cccc(/C=C/C(=O)OCc2cc(=O)n3c(C)cccc3n2)c1. The minimum Gasteiger partial charge on any atom is -0.497 e. The van der Waals surface area contributed by atoms with Crippen molar-refractivity contribution in [2.45, 2.75) is 13.5 Å². The summed E-state index contributed by atoms with van der Waals surface area (Å²) in [6.07, 6.45) is 2.96. The van der Waals surface area contributed by atoms with Crippen molar-refractivity contribution in [3.05, 3.63) is 81.9 Å². The molecule has 6 heteroatoms. The number of fused-ring (bicyclic) bond motifs is 1. The zero-order chi connectivity index (χ0) is 18.5. The molecule has 26 heavy (non-hydrogen) atoms. The van der Waals surface area contributed by atoms with Gasteiger partial charge in [0, 0.05) is 17.8 Å². The summed E-state index contributed by atoms with van der Waals surface area (Å²) < 4.78 is 11.8. The van der Waals surface area contributed by atoms with E-state index in [4.69, 9.17) is 9.47 Å². The van der Waals surface area contributed by atoms with Crippen molar-refractivity contribution >= 4 is 17.7 Å². The van der Waals surface area contributed by atoms with Gasteiger partial charge in [0.1, 0.15) is 18.0 Å². The Balaban J connectivity index is 1.68. The second kappa shape index (κ2) is 7.65. The molecule has 0 aliphatic rings. The van der Waals surface area contributed by atoms with Crippen LogP contribution in [0.5, 0.6) is 5.75 Å². The van der Waals surface area contributed by atoms with E-state index in [1.807, 2.05) is 37.3 Å². The van der Waals surface area contributed by atoms with E-state index in [2.05, 4.69) is 4.98 Å². The first-order valence-electron chi connectivity index (χ1n) is 8.04. The fourth-order valence-electron chi connectivity index (χ4n) is 2.54. The molecule has 0 bridgehead atoms. The molecule has 3 rings (SSSR count). The molecule has 0 unspecified atom stereocenters. The highest BCUT2D eigenvalue weighted by Crippen LogP contribution is 2.13. The van der Waals surface area contributed by atoms with E-state index in [1.165, 1.54) is 16.5 Å². The van der Waals surface area contributed by atoms with E-state index in [1.54, 1.807) is 25.3 Å². The van der Waals surface area contributed by atoms with Gasteiger partial charge < -0.3 is 9.47 Å². The number of benzene rings is 1. The maximum atomic E-state index is 12.2. The van der Waals surface area contributed by atoms with Crippen LogP contribution in [0, 0.1) is 6.92 Å². The second-order valence-electron chi connectivity index (χ2n) is 5.66. The smallest absolute Gasteiger partial charge is 0.331 e. The quantitative estimate of drug-likeness (QED) is 0.523. The summed E-state index contributed by atoms with van der Waals surface area (Å²) in [5.41, 5.74) is 2.34. The lowest BCUT2D eigenvalue weighted by Gasteiger charge is -2.06. The Morgan fingerprint density at radius 1 is 1.19 bits per heavy atom. The molecule has 2 aromatic heterocycles. The highest BCUT2D eigenvalue weighted by atomic mass is 16.5. The average molecular weight is 350 g/mol. The maximum absolute atomic E-state index is 12.2. The van der Waals surface area contributed by atoms with Crippen LogP contribution in [0.2, 0.25) is 0 Å². The summed E-state index contributed by atoms with van der Waals surface area (Å²) in [5, 5.41) is 0. The van der Waals surface area contributed by atoms with Crippen LogP contribution in [0.3, 0.4) is 0 Å². The number of aromatic nitrogens is 2. The molecule has 0 fully saturated rings. The summed E-state index contributed by atoms with van der Waals surface area (Å²) in [7, 11) is 1.58. The maximum Gasteiger partial charge on any atom is 0.331 e. The lowest BCUT2D eigenvalue weighted by atomic mass is 10.2. The zero-order valence-corrected chi connectivity index (χ0v) is 14.5. The zero-order valence-electron chi connectivity index (χ0n) is 14.5. The Hall–Kier alpha value is -3.41. The molecule has 0 radical (unpaired) electrons. The Labute approximate surface area is 150 Å². The van der Waals surface area contributed by atoms with Crippen molar-refractivity contribution in [1.82, 2.24) is 9.38 Å². The molecule has 0 aliphatic carbocycles. The highest BCUT2D eigenvalue weighted by Gasteiger charge is 2.06. The fourth-order valence-corrected chi connectivity index (χ4v) is 2.54. The topological polar surface area (TPSA) is 69.9 Å². The second-order valence-corrected chi connectivity index (χ2v) is 5.66. The molecular weight excluding hydrogens is 332 g/mol. The van der Waals surface area contributed by atoms with Crippen molar-refractivity contribution < 1.29 is 14.3 Å². The van der Waals surface area contributed by atoms with Gasteiger partial charge in [0.2, 0.25) is 0 Å². The number of methoxy groups -OCH3 is 1. The van der Waals surface area contributed by atoms with Crippen LogP contribution < -0.4 is 10.3 Å². The molecule has 6 nitrogen and oxygen atoms in total. The van der Waals surface area contributed by atoms with Gasteiger partial charge in [-0.15, -0.1) is 0 Å². The first kappa shape index (κ1) is 17.4. The number of pyridine rings is 1. The monoisotopic (exact) mass is 350 g/mol. The highest BCUT2D eigenvalue weighted by molar-refractivity contribution is 5.87. The van der Waals surface area contributed by atoms with Crippen LogP contribution in [0.25, 0.3) is 11.7 Å². The standard InChI is InChI=1S/C20H18N2O4/c1-14-5-3-8-18-21-16(12-19(23)22(14)18)13-26-20(24)10-9-15-6-4-7-17(11-15)25-2/h3-12H,13H2,1-2H3/b10-9+. The minimum absolute atomic E-state index is 0.0685. The van der Waals surface area contributed by atoms with E-state index >= 15 is 0 Å². The number of hydrogen-bond donors (Lipinski definition) is 0. The molecule has 0 N–H and O–H groups in total. The van der Waals surface area contributed by atoms with Gasteiger partial charge in [-0.3, -0.25) is 9.20 Å². The summed E-state index contributed by atoms with van der Waals surface area (Å²) in [4.78, 5) is 28.4. The largest absolute Gasteiger partial charge is 0.497 e. The fraction of sp³-hybridized carbons (Fsp3) is 0.150. The number of ether oxygens (including phenoxy) is 2. The summed E-state index contributed by atoms with van der Waals surface area (Å²) in [5.74, 6) is 0.190. The van der Waals surface area contributed by atoms with Gasteiger partial charge in [-0.2, -0.15) is 0 Å².